The van der Waals surface area contributed by atoms with Gasteiger partial charge in [-0.2, -0.15) is 5.26 Å². The Hall–Kier alpha value is -2.87. The second kappa shape index (κ2) is 5.19. The van der Waals surface area contributed by atoms with E-state index in [-0.39, 0.29) is 22.6 Å². The Labute approximate surface area is 108 Å². The van der Waals surface area contributed by atoms with E-state index in [0.29, 0.717) is 0 Å². The Morgan fingerprint density at radius 1 is 1.26 bits per heavy atom. The molecule has 0 atom stereocenters. The molecule has 0 aromatic heterocycles. The van der Waals surface area contributed by atoms with Gasteiger partial charge in [-0.3, -0.25) is 4.79 Å². The number of hydrogen-bond acceptors (Lipinski definition) is 3. The van der Waals surface area contributed by atoms with Crippen LogP contribution in [0, 0.1) is 17.1 Å². The molecule has 0 saturated carbocycles. The fraction of sp³-hybridized carbons (Fsp3) is 0. The lowest BCUT2D eigenvalue weighted by atomic mass is 10.2. The molecule has 1 amide bonds. The summed E-state index contributed by atoms with van der Waals surface area (Å²) in [5.74, 6) is -0.896. The molecule has 0 aliphatic rings. The highest BCUT2D eigenvalue weighted by molar-refractivity contribution is 5.95. The Bertz CT molecular complexity index is 677. The van der Waals surface area contributed by atoms with Crippen molar-refractivity contribution >= 4 is 5.91 Å². The largest absolute Gasteiger partial charge is 0.456 e. The number of primary amides is 1. The smallest absolute Gasteiger partial charge is 0.252 e. The minimum Gasteiger partial charge on any atom is -0.456 e. The Morgan fingerprint density at radius 2 is 2.00 bits per heavy atom. The number of benzene rings is 2. The lowest BCUT2D eigenvalue weighted by Gasteiger charge is -2.09. The van der Waals surface area contributed by atoms with Crippen molar-refractivity contribution in [3.05, 3.63) is 59.4 Å². The van der Waals surface area contributed by atoms with Gasteiger partial charge in [0.2, 0.25) is 0 Å². The summed E-state index contributed by atoms with van der Waals surface area (Å²) in [6.45, 7) is 0. The number of hydrogen-bond donors (Lipinski definition) is 1. The molecule has 0 radical (unpaired) electrons. The van der Waals surface area contributed by atoms with E-state index in [4.69, 9.17) is 15.7 Å². The van der Waals surface area contributed by atoms with E-state index >= 15 is 0 Å². The van der Waals surface area contributed by atoms with Gasteiger partial charge < -0.3 is 10.5 Å². The van der Waals surface area contributed by atoms with Gasteiger partial charge in [0, 0.05) is 6.07 Å². The summed E-state index contributed by atoms with van der Waals surface area (Å²) >= 11 is 0. The van der Waals surface area contributed by atoms with Crippen LogP contribution in [0.5, 0.6) is 11.5 Å². The van der Waals surface area contributed by atoms with E-state index in [9.17, 15) is 9.18 Å². The van der Waals surface area contributed by atoms with Crippen LogP contribution in [0.25, 0.3) is 0 Å². The molecule has 4 nitrogen and oxygen atoms in total. The van der Waals surface area contributed by atoms with Crippen molar-refractivity contribution in [1.29, 1.82) is 5.26 Å². The van der Waals surface area contributed by atoms with Gasteiger partial charge >= 0.3 is 0 Å². The van der Waals surface area contributed by atoms with Gasteiger partial charge in [-0.15, -0.1) is 0 Å². The maximum atomic E-state index is 13.3. The molecule has 19 heavy (non-hydrogen) atoms. The number of nitrogens with zero attached hydrogens (tertiary/aromatic N) is 1. The number of ether oxygens (including phenoxy) is 1. The van der Waals surface area contributed by atoms with Crippen molar-refractivity contribution in [2.45, 2.75) is 0 Å². The minimum atomic E-state index is -0.646. The third-order valence-corrected chi connectivity index (χ3v) is 2.38. The van der Waals surface area contributed by atoms with Crippen molar-refractivity contribution in [1.82, 2.24) is 0 Å². The van der Waals surface area contributed by atoms with Crippen LogP contribution in [0.15, 0.2) is 42.5 Å². The van der Waals surface area contributed by atoms with E-state index < -0.39 is 11.7 Å². The van der Waals surface area contributed by atoms with Gasteiger partial charge in [-0.1, -0.05) is 12.1 Å². The molecule has 0 fully saturated rings. The summed E-state index contributed by atoms with van der Waals surface area (Å²) in [4.78, 5) is 11.2. The zero-order valence-corrected chi connectivity index (χ0v) is 9.76. The van der Waals surface area contributed by atoms with E-state index in [1.165, 1.54) is 18.2 Å². The zero-order valence-electron chi connectivity index (χ0n) is 9.76. The van der Waals surface area contributed by atoms with Crippen LogP contribution < -0.4 is 10.5 Å². The molecule has 0 bridgehead atoms. The standard InChI is InChI=1S/C14H9FN2O2/c15-10-5-9(8-16)6-11(7-10)19-13-4-2-1-3-12(13)14(17)18/h1-7H,(H2,17,18). The van der Waals surface area contributed by atoms with Crippen LogP contribution in [-0.2, 0) is 0 Å². The Morgan fingerprint density at radius 3 is 2.68 bits per heavy atom. The van der Waals surface area contributed by atoms with Gasteiger partial charge in [0.1, 0.15) is 17.3 Å². The van der Waals surface area contributed by atoms with Gasteiger partial charge in [-0.25, -0.2) is 4.39 Å². The van der Waals surface area contributed by atoms with Gasteiger partial charge in [0.05, 0.1) is 17.2 Å². The van der Waals surface area contributed by atoms with Crippen molar-refractivity contribution < 1.29 is 13.9 Å². The first-order valence-electron chi connectivity index (χ1n) is 5.37. The molecule has 2 aromatic carbocycles. The molecule has 0 heterocycles. The zero-order chi connectivity index (χ0) is 13.8. The van der Waals surface area contributed by atoms with E-state index in [1.54, 1.807) is 12.1 Å². The molecule has 0 aliphatic carbocycles. The third-order valence-electron chi connectivity index (χ3n) is 2.38. The fourth-order valence-electron chi connectivity index (χ4n) is 1.57. The van der Waals surface area contributed by atoms with E-state index in [1.807, 2.05) is 6.07 Å². The van der Waals surface area contributed by atoms with Crippen LogP contribution in [0.2, 0.25) is 0 Å². The Balaban J connectivity index is 2.39. The van der Waals surface area contributed by atoms with Crippen LogP contribution >= 0.6 is 0 Å². The number of para-hydroxylation sites is 1. The number of halogens is 1. The molecule has 2 N–H and O–H groups in total. The normalized spacial score (nSPS) is 9.68. The quantitative estimate of drug-likeness (QED) is 0.916. The summed E-state index contributed by atoms with van der Waals surface area (Å²) < 4.78 is 18.7. The van der Waals surface area contributed by atoms with Crippen LogP contribution in [0.3, 0.4) is 0 Å². The highest BCUT2D eigenvalue weighted by Gasteiger charge is 2.10. The molecule has 94 valence electrons. The maximum absolute atomic E-state index is 13.3. The van der Waals surface area contributed by atoms with Crippen molar-refractivity contribution in [3.8, 4) is 17.6 Å². The molecule has 2 rings (SSSR count). The van der Waals surface area contributed by atoms with Gasteiger partial charge in [0.25, 0.3) is 5.91 Å². The number of nitriles is 1. The average Bonchev–Trinajstić information content (AvgIpc) is 2.38. The molecule has 0 unspecified atom stereocenters. The second-order valence-electron chi connectivity index (χ2n) is 3.75. The second-order valence-corrected chi connectivity index (χ2v) is 3.75. The van der Waals surface area contributed by atoms with Crippen molar-refractivity contribution in [3.63, 3.8) is 0 Å². The van der Waals surface area contributed by atoms with Crippen molar-refractivity contribution in [2.24, 2.45) is 5.73 Å². The van der Waals surface area contributed by atoms with Crippen LogP contribution in [-0.4, -0.2) is 5.91 Å². The highest BCUT2D eigenvalue weighted by atomic mass is 19.1. The monoisotopic (exact) mass is 256 g/mol. The summed E-state index contributed by atoms with van der Waals surface area (Å²) in [6.07, 6.45) is 0. The number of rotatable bonds is 3. The minimum absolute atomic E-state index is 0.130. The SMILES string of the molecule is N#Cc1cc(F)cc(Oc2ccccc2C(N)=O)c1. The first-order chi connectivity index (χ1) is 9.10. The summed E-state index contributed by atoms with van der Waals surface area (Å²) in [7, 11) is 0. The topological polar surface area (TPSA) is 76.1 Å². The number of nitrogens with two attached hydrogens (primary N) is 1. The molecular formula is C14H9FN2O2. The molecule has 0 aliphatic heterocycles. The predicted molar refractivity (Wildman–Crippen MR) is 66.1 cm³/mol. The lowest BCUT2D eigenvalue weighted by molar-refractivity contribution is 0.0998. The molecule has 5 heteroatoms. The maximum Gasteiger partial charge on any atom is 0.252 e. The predicted octanol–water partition coefficient (Wildman–Crippen LogP) is 2.59. The lowest BCUT2D eigenvalue weighted by Crippen LogP contribution is -2.12. The summed E-state index contributed by atoms with van der Waals surface area (Å²) in [5, 5.41) is 8.75. The van der Waals surface area contributed by atoms with Gasteiger partial charge in [-0.05, 0) is 24.3 Å². The van der Waals surface area contributed by atoms with Gasteiger partial charge in [0.15, 0.2) is 0 Å². The number of amides is 1. The third kappa shape index (κ3) is 2.87. The molecule has 0 saturated heterocycles. The van der Waals surface area contributed by atoms with E-state index in [2.05, 4.69) is 0 Å². The number of carbonyl (C=O) groups excluding carboxylic acids is 1. The van der Waals surface area contributed by atoms with Crippen LogP contribution in [0.4, 0.5) is 4.39 Å². The summed E-state index contributed by atoms with van der Waals surface area (Å²) in [6, 6.07) is 11.7. The Kier molecular flexibility index (Phi) is 3.44. The van der Waals surface area contributed by atoms with E-state index in [0.717, 1.165) is 12.1 Å². The van der Waals surface area contributed by atoms with Crippen LogP contribution in [0.1, 0.15) is 15.9 Å². The first kappa shape index (κ1) is 12.6. The molecule has 0 spiro atoms. The number of carbonyl (C=O) groups is 1. The summed E-state index contributed by atoms with van der Waals surface area (Å²) in [5.41, 5.74) is 5.53. The van der Waals surface area contributed by atoms with Crippen molar-refractivity contribution in [2.75, 3.05) is 0 Å². The first-order valence-corrected chi connectivity index (χ1v) is 5.37. The molecular weight excluding hydrogens is 247 g/mol. The average molecular weight is 256 g/mol. The molecule has 2 aromatic rings. The fourth-order valence-corrected chi connectivity index (χ4v) is 1.57. The highest BCUT2D eigenvalue weighted by Crippen LogP contribution is 2.26.